The maximum Gasteiger partial charge on any atom is 0.352 e. The van der Waals surface area contributed by atoms with E-state index >= 15 is 0 Å². The number of nitrogens with one attached hydrogen (secondary N) is 1. The average molecular weight is 643 g/mol. The van der Waals surface area contributed by atoms with Crippen molar-refractivity contribution in [2.45, 2.75) is 37.1 Å². The molecular formula is C37H34N6O5. The summed E-state index contributed by atoms with van der Waals surface area (Å²) in [6.07, 6.45) is 3.98. The van der Waals surface area contributed by atoms with E-state index in [2.05, 4.69) is 5.10 Å². The Labute approximate surface area is 274 Å². The molecule has 0 bridgehead atoms. The second kappa shape index (κ2) is 12.3. The second-order valence-electron chi connectivity index (χ2n) is 11.8. The van der Waals surface area contributed by atoms with E-state index in [-0.39, 0.29) is 6.42 Å². The zero-order valence-electron chi connectivity index (χ0n) is 26.4. The fourth-order valence-corrected chi connectivity index (χ4v) is 6.83. The number of para-hydroxylation sites is 2. The lowest BCUT2D eigenvalue weighted by atomic mass is 9.80. The van der Waals surface area contributed by atoms with Crippen molar-refractivity contribution in [2.24, 2.45) is 0 Å². The summed E-state index contributed by atoms with van der Waals surface area (Å²) in [5.74, 6) is 0. The number of hydrogen-bond acceptors (Lipinski definition) is 5. The number of aromatic amines is 1. The molecule has 0 saturated carbocycles. The number of nitrogens with zero attached hydrogens (tertiary/aromatic N) is 5. The predicted molar refractivity (Wildman–Crippen MR) is 182 cm³/mol. The van der Waals surface area contributed by atoms with Crippen molar-refractivity contribution in [2.75, 3.05) is 7.11 Å². The van der Waals surface area contributed by atoms with Crippen LogP contribution in [0, 0.1) is 0 Å². The van der Waals surface area contributed by atoms with Crippen molar-refractivity contribution in [1.82, 2.24) is 28.3 Å². The van der Waals surface area contributed by atoms with Crippen LogP contribution < -0.4 is 22.8 Å². The molecule has 6 aromatic rings. The molecule has 4 aromatic carbocycles. The van der Waals surface area contributed by atoms with Crippen molar-refractivity contribution in [3.8, 4) is 11.4 Å². The van der Waals surface area contributed by atoms with Crippen molar-refractivity contribution in [1.29, 1.82) is 0 Å². The Bertz CT molecular complexity index is 2270. The van der Waals surface area contributed by atoms with E-state index in [1.165, 1.54) is 14.0 Å². The van der Waals surface area contributed by atoms with Crippen LogP contribution in [0.4, 0.5) is 0 Å². The van der Waals surface area contributed by atoms with Gasteiger partial charge in [-0.05, 0) is 42.3 Å². The van der Waals surface area contributed by atoms with Gasteiger partial charge in [0.05, 0.1) is 29.5 Å². The van der Waals surface area contributed by atoms with Crippen LogP contribution in [0.1, 0.15) is 42.6 Å². The van der Waals surface area contributed by atoms with Crippen LogP contribution in [0.5, 0.6) is 0 Å². The molecule has 11 heteroatoms. The molecule has 0 radical (unpaired) electrons. The maximum absolute atomic E-state index is 14.4. The highest BCUT2D eigenvalue weighted by molar-refractivity contribution is 5.38. The molecule has 48 heavy (non-hydrogen) atoms. The zero-order valence-corrected chi connectivity index (χ0v) is 26.4. The Morgan fingerprint density at radius 3 is 1.65 bits per heavy atom. The number of ether oxygens (including phenoxy) is 1. The fraction of sp³-hybridized carbons (Fsp3) is 0.189. The Morgan fingerprint density at radius 2 is 1.12 bits per heavy atom. The number of methoxy groups -OCH3 is 1. The van der Waals surface area contributed by atoms with E-state index in [4.69, 9.17) is 4.74 Å². The van der Waals surface area contributed by atoms with Gasteiger partial charge in [-0.2, -0.15) is 0 Å². The van der Waals surface area contributed by atoms with Gasteiger partial charge in [0.1, 0.15) is 5.60 Å². The van der Waals surface area contributed by atoms with Crippen molar-refractivity contribution in [3.05, 3.63) is 187 Å². The van der Waals surface area contributed by atoms with Crippen molar-refractivity contribution >= 4 is 0 Å². The molecule has 0 saturated heterocycles. The summed E-state index contributed by atoms with van der Waals surface area (Å²) in [6, 6.07) is 34.7. The lowest BCUT2D eigenvalue weighted by Gasteiger charge is -2.38. The number of fused-ring (bicyclic) bond motifs is 1. The van der Waals surface area contributed by atoms with E-state index in [1.54, 1.807) is 68.6 Å². The average Bonchev–Trinajstić information content (AvgIpc) is 3.58. The predicted octanol–water partition coefficient (Wildman–Crippen LogP) is 4.33. The van der Waals surface area contributed by atoms with E-state index in [9.17, 15) is 19.2 Å². The third-order valence-electron chi connectivity index (χ3n) is 9.21. The number of allylic oxidation sites excluding steroid dienone is 2. The molecule has 242 valence electrons. The molecule has 0 aliphatic carbocycles. The monoisotopic (exact) mass is 642 g/mol. The first-order chi connectivity index (χ1) is 23.4. The van der Waals surface area contributed by atoms with Crippen LogP contribution in [0.15, 0.2) is 153 Å². The molecule has 0 fully saturated rings. The summed E-state index contributed by atoms with van der Waals surface area (Å²) in [6.45, 7) is 1.73. The van der Waals surface area contributed by atoms with Gasteiger partial charge < -0.3 is 4.74 Å². The molecule has 2 aromatic heterocycles. The van der Waals surface area contributed by atoms with E-state index in [0.29, 0.717) is 11.4 Å². The maximum atomic E-state index is 14.4. The first kappa shape index (κ1) is 30.7. The third-order valence-corrected chi connectivity index (χ3v) is 9.21. The molecule has 3 atom stereocenters. The minimum absolute atomic E-state index is 0.272. The molecule has 7 rings (SSSR count). The molecule has 1 aliphatic heterocycles. The fourth-order valence-electron chi connectivity index (χ4n) is 6.83. The van der Waals surface area contributed by atoms with Gasteiger partial charge in [-0.25, -0.2) is 47.5 Å². The molecule has 3 heterocycles. The van der Waals surface area contributed by atoms with Gasteiger partial charge in [0.15, 0.2) is 0 Å². The standard InChI is InChI=1S/C37H34N6O5/c1-26(41-34(45)39(33(44)38-41)29-19-11-5-12-20-29)32-24-23-31(42-35(46)40(36(47)43(32)42)30-21-13-6-14-22-30)25-37(48-2,27-15-7-3-8-16-27)28-17-9-4-10-18-28/h3-24,26,31-32H,25H2,1-2H3,(H,38,44)/t26?,31-,32-/m1/s1. The van der Waals surface area contributed by atoms with Crippen molar-refractivity contribution < 1.29 is 4.74 Å². The summed E-state index contributed by atoms with van der Waals surface area (Å²) >= 11 is 0. The largest absolute Gasteiger partial charge is 0.369 e. The van der Waals surface area contributed by atoms with E-state index in [1.807, 2.05) is 78.9 Å². The SMILES string of the molecule is COC(C[C@H]1C=C[C@H](C(C)n2[nH]c(=O)n(-c3ccccc3)c2=O)n2c(=O)n(-c3ccccc3)c(=O)n21)(c1ccccc1)c1ccccc1. The lowest BCUT2D eigenvalue weighted by Crippen LogP contribution is -2.42. The highest BCUT2D eigenvalue weighted by Gasteiger charge is 2.41. The Morgan fingerprint density at radius 1 is 0.646 bits per heavy atom. The first-order valence-electron chi connectivity index (χ1n) is 15.7. The van der Waals surface area contributed by atoms with Gasteiger partial charge in [0.25, 0.3) is 0 Å². The van der Waals surface area contributed by atoms with Gasteiger partial charge >= 0.3 is 22.8 Å². The van der Waals surface area contributed by atoms with Gasteiger partial charge in [0.2, 0.25) is 0 Å². The van der Waals surface area contributed by atoms with Crippen LogP contribution in [-0.2, 0) is 10.3 Å². The number of hydrogen-bond donors (Lipinski definition) is 1. The highest BCUT2D eigenvalue weighted by atomic mass is 16.5. The Balaban J connectivity index is 1.40. The van der Waals surface area contributed by atoms with Gasteiger partial charge in [0, 0.05) is 13.5 Å². The topological polar surface area (TPSA) is 118 Å². The second-order valence-corrected chi connectivity index (χ2v) is 11.8. The van der Waals surface area contributed by atoms with Crippen LogP contribution >= 0.6 is 0 Å². The smallest absolute Gasteiger partial charge is 0.352 e. The third kappa shape index (κ3) is 4.96. The molecule has 1 N–H and O–H groups in total. The summed E-state index contributed by atoms with van der Waals surface area (Å²) in [4.78, 5) is 55.5. The summed E-state index contributed by atoms with van der Waals surface area (Å²) in [5.41, 5.74) is -0.697. The van der Waals surface area contributed by atoms with Crippen LogP contribution in [0.25, 0.3) is 11.4 Å². The zero-order chi connectivity index (χ0) is 33.4. The lowest BCUT2D eigenvalue weighted by molar-refractivity contribution is 0.00279. The van der Waals surface area contributed by atoms with Crippen LogP contribution in [0.2, 0.25) is 0 Å². The first-order valence-corrected chi connectivity index (χ1v) is 15.7. The van der Waals surface area contributed by atoms with Gasteiger partial charge in [-0.3, -0.25) is 0 Å². The van der Waals surface area contributed by atoms with Crippen LogP contribution in [0.3, 0.4) is 0 Å². The minimum atomic E-state index is -0.986. The van der Waals surface area contributed by atoms with Crippen molar-refractivity contribution in [3.63, 3.8) is 0 Å². The number of H-pyrrole nitrogens is 1. The molecular weight excluding hydrogens is 608 g/mol. The van der Waals surface area contributed by atoms with Crippen LogP contribution in [-0.4, -0.2) is 35.4 Å². The summed E-state index contributed by atoms with van der Waals surface area (Å²) in [5, 5.41) is 2.66. The molecule has 1 unspecified atom stereocenters. The summed E-state index contributed by atoms with van der Waals surface area (Å²) in [7, 11) is 1.64. The minimum Gasteiger partial charge on any atom is -0.369 e. The molecule has 0 amide bonds. The Kier molecular flexibility index (Phi) is 7.90. The van der Waals surface area contributed by atoms with Gasteiger partial charge in [-0.1, -0.05) is 109 Å². The highest BCUT2D eigenvalue weighted by Crippen LogP contribution is 2.42. The number of benzene rings is 4. The molecule has 0 spiro atoms. The number of aromatic nitrogens is 6. The molecule has 1 aliphatic rings. The molecule has 11 nitrogen and oxygen atoms in total. The Hall–Kier alpha value is -5.94. The van der Waals surface area contributed by atoms with Gasteiger partial charge in [-0.15, -0.1) is 0 Å². The quantitative estimate of drug-likeness (QED) is 0.236. The normalized spacial score (nSPS) is 16.5. The number of rotatable bonds is 9. The summed E-state index contributed by atoms with van der Waals surface area (Å²) < 4.78 is 12.6. The van der Waals surface area contributed by atoms with E-state index < -0.39 is 46.5 Å². The van der Waals surface area contributed by atoms with E-state index in [0.717, 1.165) is 20.3 Å².